The Morgan fingerprint density at radius 1 is 0.867 bits per heavy atom. The van der Waals surface area contributed by atoms with Crippen molar-refractivity contribution in [3.05, 3.63) is 83.4 Å². The van der Waals surface area contributed by atoms with Crippen LogP contribution < -0.4 is 20.1 Å². The second-order valence-electron chi connectivity index (χ2n) is 6.77. The normalized spacial score (nSPS) is 12.2. The number of fused-ring (bicyclic) bond motifs is 1. The molecule has 7 nitrogen and oxygen atoms in total. The van der Waals surface area contributed by atoms with Gasteiger partial charge in [0.2, 0.25) is 0 Å². The molecule has 1 heterocycles. The number of rotatable bonds is 6. The third-order valence-electron chi connectivity index (χ3n) is 4.45. The van der Waals surface area contributed by atoms with Gasteiger partial charge in [-0.25, -0.2) is 0 Å². The predicted molar refractivity (Wildman–Crippen MR) is 110 cm³/mol. The molecule has 0 bridgehead atoms. The molecule has 0 atom stereocenters. The van der Waals surface area contributed by atoms with Crippen LogP contribution >= 0.6 is 0 Å². The van der Waals surface area contributed by atoms with Crippen molar-refractivity contribution in [1.82, 2.24) is 5.32 Å². The van der Waals surface area contributed by atoms with Gasteiger partial charge in [-0.15, -0.1) is 0 Å². The molecule has 30 heavy (non-hydrogen) atoms. The average Bonchev–Trinajstić information content (AvgIpc) is 3.01. The second-order valence-corrected chi connectivity index (χ2v) is 6.77. The van der Waals surface area contributed by atoms with Crippen molar-refractivity contribution >= 4 is 23.4 Å². The third-order valence-corrected chi connectivity index (χ3v) is 4.45. The molecular formula is C23H18N2O5. The van der Waals surface area contributed by atoms with E-state index in [1.165, 1.54) is 6.07 Å². The van der Waals surface area contributed by atoms with Gasteiger partial charge in [-0.1, -0.05) is 23.8 Å². The first-order chi connectivity index (χ1) is 14.5. The van der Waals surface area contributed by atoms with Crippen LogP contribution in [0.2, 0.25) is 0 Å². The molecule has 7 heteroatoms. The Morgan fingerprint density at radius 3 is 2.37 bits per heavy atom. The Hall–Kier alpha value is -4.13. The Morgan fingerprint density at radius 2 is 1.57 bits per heavy atom. The molecule has 0 saturated heterocycles. The molecule has 0 unspecified atom stereocenters. The third kappa shape index (κ3) is 4.30. The summed E-state index contributed by atoms with van der Waals surface area (Å²) in [5, 5.41) is 4.99. The quantitative estimate of drug-likeness (QED) is 0.614. The summed E-state index contributed by atoms with van der Waals surface area (Å²) in [5.74, 6) is 0.322. The minimum absolute atomic E-state index is 0.123. The Kier molecular flexibility index (Phi) is 5.17. The lowest BCUT2D eigenvalue weighted by Gasteiger charge is -2.10. The van der Waals surface area contributed by atoms with E-state index in [1.807, 2.05) is 31.2 Å². The molecule has 3 aromatic carbocycles. The minimum Gasteiger partial charge on any atom is -0.484 e. The molecule has 0 saturated carbocycles. The van der Waals surface area contributed by atoms with Gasteiger partial charge in [0.15, 0.2) is 6.61 Å². The van der Waals surface area contributed by atoms with E-state index in [2.05, 4.69) is 10.6 Å². The number of ether oxygens (including phenoxy) is 2. The number of amides is 3. The Labute approximate surface area is 172 Å². The summed E-state index contributed by atoms with van der Waals surface area (Å²) in [6, 6.07) is 18.9. The van der Waals surface area contributed by atoms with Crippen LogP contribution in [-0.2, 0) is 4.79 Å². The number of aryl methyl sites for hydroxylation is 1. The Balaban J connectivity index is 1.39. The van der Waals surface area contributed by atoms with Gasteiger partial charge in [0.05, 0.1) is 11.1 Å². The summed E-state index contributed by atoms with van der Waals surface area (Å²) in [6.45, 7) is 1.85. The van der Waals surface area contributed by atoms with Crippen molar-refractivity contribution in [2.24, 2.45) is 0 Å². The smallest absolute Gasteiger partial charge is 0.262 e. The van der Waals surface area contributed by atoms with Crippen LogP contribution in [0.3, 0.4) is 0 Å². The lowest BCUT2D eigenvalue weighted by atomic mass is 10.1. The standard InChI is InChI=1S/C23H18N2O5/c1-14-5-7-16(8-6-14)29-13-21(26)24-15-3-2-4-17(11-15)30-18-9-10-19-20(12-18)23(28)25-22(19)27/h2-12H,13H2,1H3,(H,24,26)(H,25,27,28). The highest BCUT2D eigenvalue weighted by Crippen LogP contribution is 2.27. The van der Waals surface area contributed by atoms with Gasteiger partial charge in [-0.2, -0.15) is 0 Å². The second kappa shape index (κ2) is 8.08. The van der Waals surface area contributed by atoms with Gasteiger partial charge in [0, 0.05) is 11.8 Å². The lowest BCUT2D eigenvalue weighted by Crippen LogP contribution is -2.20. The van der Waals surface area contributed by atoms with Crippen molar-refractivity contribution in [1.29, 1.82) is 0 Å². The van der Waals surface area contributed by atoms with Gasteiger partial charge in [-0.3, -0.25) is 19.7 Å². The highest BCUT2D eigenvalue weighted by atomic mass is 16.5. The number of imide groups is 1. The lowest BCUT2D eigenvalue weighted by molar-refractivity contribution is -0.118. The zero-order chi connectivity index (χ0) is 21.1. The molecule has 1 aliphatic heterocycles. The first-order valence-electron chi connectivity index (χ1n) is 9.25. The van der Waals surface area contributed by atoms with Gasteiger partial charge in [0.25, 0.3) is 17.7 Å². The molecule has 1 aliphatic rings. The van der Waals surface area contributed by atoms with Crippen LogP contribution in [0.1, 0.15) is 26.3 Å². The van der Waals surface area contributed by atoms with E-state index in [9.17, 15) is 14.4 Å². The molecular weight excluding hydrogens is 384 g/mol. The maximum atomic E-state index is 12.2. The van der Waals surface area contributed by atoms with Crippen LogP contribution in [0.15, 0.2) is 66.7 Å². The predicted octanol–water partition coefficient (Wildman–Crippen LogP) is 3.69. The van der Waals surface area contributed by atoms with Gasteiger partial charge in [-0.05, 0) is 49.4 Å². The molecule has 0 radical (unpaired) electrons. The number of carbonyl (C=O) groups excluding carboxylic acids is 3. The summed E-state index contributed by atoms with van der Waals surface area (Å²) in [5.41, 5.74) is 2.25. The highest BCUT2D eigenvalue weighted by molar-refractivity contribution is 6.21. The largest absolute Gasteiger partial charge is 0.484 e. The molecule has 4 rings (SSSR count). The van der Waals surface area contributed by atoms with Crippen molar-refractivity contribution < 1.29 is 23.9 Å². The monoisotopic (exact) mass is 402 g/mol. The van der Waals surface area contributed by atoms with Gasteiger partial charge in [0.1, 0.15) is 17.2 Å². The topological polar surface area (TPSA) is 93.7 Å². The maximum absolute atomic E-state index is 12.2. The Bertz CT molecular complexity index is 1140. The van der Waals surface area contributed by atoms with Crippen LogP contribution in [0.4, 0.5) is 5.69 Å². The van der Waals surface area contributed by atoms with E-state index in [0.29, 0.717) is 28.5 Å². The molecule has 150 valence electrons. The van der Waals surface area contributed by atoms with Crippen molar-refractivity contribution in [3.8, 4) is 17.2 Å². The fourth-order valence-electron chi connectivity index (χ4n) is 2.96. The molecule has 3 amide bonds. The van der Waals surface area contributed by atoms with E-state index in [1.54, 1.807) is 36.4 Å². The summed E-state index contributed by atoms with van der Waals surface area (Å²) in [4.78, 5) is 35.6. The summed E-state index contributed by atoms with van der Waals surface area (Å²) in [7, 11) is 0. The summed E-state index contributed by atoms with van der Waals surface area (Å²) >= 11 is 0. The number of anilines is 1. The van der Waals surface area contributed by atoms with Crippen LogP contribution in [0.25, 0.3) is 0 Å². The van der Waals surface area contributed by atoms with Crippen LogP contribution in [-0.4, -0.2) is 24.3 Å². The van der Waals surface area contributed by atoms with E-state index in [4.69, 9.17) is 9.47 Å². The van der Waals surface area contributed by atoms with Crippen LogP contribution in [0, 0.1) is 6.92 Å². The SMILES string of the molecule is Cc1ccc(OCC(=O)Nc2cccc(Oc3ccc4c(c3)C(=O)NC4=O)c2)cc1. The van der Waals surface area contributed by atoms with E-state index < -0.39 is 11.8 Å². The number of hydrogen-bond acceptors (Lipinski definition) is 5. The van der Waals surface area contributed by atoms with E-state index in [0.717, 1.165) is 5.56 Å². The number of nitrogens with one attached hydrogen (secondary N) is 2. The average molecular weight is 402 g/mol. The fraction of sp³-hybridized carbons (Fsp3) is 0.0870. The van der Waals surface area contributed by atoms with E-state index >= 15 is 0 Å². The number of carbonyl (C=O) groups is 3. The molecule has 3 aromatic rings. The van der Waals surface area contributed by atoms with Crippen molar-refractivity contribution in [2.75, 3.05) is 11.9 Å². The molecule has 0 aliphatic carbocycles. The zero-order valence-electron chi connectivity index (χ0n) is 16.1. The fourth-order valence-corrected chi connectivity index (χ4v) is 2.96. The molecule has 0 aromatic heterocycles. The first-order valence-corrected chi connectivity index (χ1v) is 9.25. The van der Waals surface area contributed by atoms with Gasteiger partial charge < -0.3 is 14.8 Å². The highest BCUT2D eigenvalue weighted by Gasteiger charge is 2.26. The maximum Gasteiger partial charge on any atom is 0.262 e. The summed E-state index contributed by atoms with van der Waals surface area (Å²) in [6.07, 6.45) is 0. The van der Waals surface area contributed by atoms with E-state index in [-0.39, 0.29) is 18.1 Å². The number of benzene rings is 3. The molecule has 0 fully saturated rings. The summed E-state index contributed by atoms with van der Waals surface area (Å²) < 4.78 is 11.2. The number of hydrogen-bond donors (Lipinski definition) is 2. The van der Waals surface area contributed by atoms with Crippen LogP contribution in [0.5, 0.6) is 17.2 Å². The zero-order valence-corrected chi connectivity index (χ0v) is 16.1. The van der Waals surface area contributed by atoms with Crippen molar-refractivity contribution in [3.63, 3.8) is 0 Å². The molecule has 0 spiro atoms. The minimum atomic E-state index is -0.449. The van der Waals surface area contributed by atoms with Crippen molar-refractivity contribution in [2.45, 2.75) is 6.92 Å². The first kappa shape index (κ1) is 19.2. The van der Waals surface area contributed by atoms with Gasteiger partial charge >= 0.3 is 0 Å². The molecule has 2 N–H and O–H groups in total.